The van der Waals surface area contributed by atoms with Gasteiger partial charge in [0, 0.05) is 24.0 Å². The van der Waals surface area contributed by atoms with Crippen LogP contribution in [0.4, 0.5) is 5.69 Å². The fourth-order valence-corrected chi connectivity index (χ4v) is 2.20. The summed E-state index contributed by atoms with van der Waals surface area (Å²) in [7, 11) is 0. The van der Waals surface area contributed by atoms with E-state index >= 15 is 0 Å². The molecule has 2 rings (SSSR count). The minimum Gasteiger partial charge on any atom is -0.352 e. The molecule has 0 aliphatic carbocycles. The Balaban J connectivity index is 2.03. The number of amides is 2. The summed E-state index contributed by atoms with van der Waals surface area (Å²) in [5.74, 6) is -0.519. The predicted octanol–water partition coefficient (Wildman–Crippen LogP) is 3.43. The molecule has 1 heterocycles. The zero-order valence-electron chi connectivity index (χ0n) is 14.1. The van der Waals surface area contributed by atoms with Gasteiger partial charge in [0.05, 0.1) is 0 Å². The molecule has 0 atom stereocenters. The van der Waals surface area contributed by atoms with Crippen molar-refractivity contribution in [1.29, 1.82) is 0 Å². The number of nitrogens with zero attached hydrogens (tertiary/aromatic N) is 1. The third kappa shape index (κ3) is 4.91. The lowest BCUT2D eigenvalue weighted by atomic mass is 10.1. The zero-order valence-corrected chi connectivity index (χ0v) is 14.1. The number of hydrogen-bond donors (Lipinski definition) is 2. The number of aromatic nitrogens is 1. The van der Waals surface area contributed by atoms with E-state index in [1.54, 1.807) is 6.07 Å². The van der Waals surface area contributed by atoms with Gasteiger partial charge in [0.25, 0.3) is 11.8 Å². The summed E-state index contributed by atoms with van der Waals surface area (Å²) in [5, 5.41) is 5.62. The van der Waals surface area contributed by atoms with Crippen LogP contribution in [0.3, 0.4) is 0 Å². The van der Waals surface area contributed by atoms with Crippen LogP contribution < -0.4 is 10.6 Å². The fourth-order valence-electron chi connectivity index (χ4n) is 2.20. The van der Waals surface area contributed by atoms with E-state index in [2.05, 4.69) is 29.5 Å². The highest BCUT2D eigenvalue weighted by molar-refractivity contribution is 6.04. The summed E-state index contributed by atoms with van der Waals surface area (Å²) < 4.78 is 0. The highest BCUT2D eigenvalue weighted by Gasteiger charge is 2.12. The molecular weight excluding hydrogens is 302 g/mol. The Labute approximate surface area is 142 Å². The smallest absolute Gasteiger partial charge is 0.274 e. The number of carbonyl (C=O) groups is 2. The lowest BCUT2D eigenvalue weighted by molar-refractivity contribution is 0.0953. The second-order valence-corrected chi connectivity index (χ2v) is 5.54. The van der Waals surface area contributed by atoms with Gasteiger partial charge in [-0.3, -0.25) is 14.6 Å². The number of carbonyl (C=O) groups excluding carboxylic acids is 2. The number of aryl methyl sites for hydroxylation is 1. The lowest BCUT2D eigenvalue weighted by Crippen LogP contribution is -2.25. The van der Waals surface area contributed by atoms with Crippen LogP contribution in [0.15, 0.2) is 42.6 Å². The molecule has 0 radical (unpaired) electrons. The van der Waals surface area contributed by atoms with Gasteiger partial charge in [-0.1, -0.05) is 32.4 Å². The molecule has 0 saturated heterocycles. The van der Waals surface area contributed by atoms with E-state index in [1.807, 2.05) is 24.3 Å². The Hall–Kier alpha value is -2.69. The van der Waals surface area contributed by atoms with Crippen LogP contribution in [0.1, 0.15) is 53.1 Å². The Morgan fingerprint density at radius 2 is 1.79 bits per heavy atom. The van der Waals surface area contributed by atoms with E-state index in [0.717, 1.165) is 19.3 Å². The largest absolute Gasteiger partial charge is 0.352 e. The van der Waals surface area contributed by atoms with Gasteiger partial charge in [-0.25, -0.2) is 0 Å². The molecule has 1 aromatic heterocycles. The van der Waals surface area contributed by atoms with Crippen LogP contribution in [0, 0.1) is 0 Å². The van der Waals surface area contributed by atoms with Gasteiger partial charge < -0.3 is 10.6 Å². The van der Waals surface area contributed by atoms with Crippen molar-refractivity contribution in [3.63, 3.8) is 0 Å². The molecule has 0 unspecified atom stereocenters. The predicted molar refractivity (Wildman–Crippen MR) is 95.3 cm³/mol. The van der Waals surface area contributed by atoms with E-state index in [-0.39, 0.29) is 17.5 Å². The van der Waals surface area contributed by atoms with Crippen molar-refractivity contribution in [2.24, 2.45) is 0 Å². The van der Waals surface area contributed by atoms with Crippen molar-refractivity contribution in [1.82, 2.24) is 10.3 Å². The van der Waals surface area contributed by atoms with Gasteiger partial charge in [-0.15, -0.1) is 0 Å². The molecular formula is C19H23N3O2. The first kappa shape index (κ1) is 17.7. The lowest BCUT2D eigenvalue weighted by Gasteiger charge is -2.07. The van der Waals surface area contributed by atoms with Gasteiger partial charge in [0.15, 0.2) is 0 Å². The van der Waals surface area contributed by atoms with Crippen molar-refractivity contribution in [2.75, 3.05) is 11.9 Å². The van der Waals surface area contributed by atoms with Gasteiger partial charge in [0.2, 0.25) is 0 Å². The maximum Gasteiger partial charge on any atom is 0.274 e. The average Bonchev–Trinajstić information content (AvgIpc) is 2.62. The molecule has 2 amide bonds. The number of anilines is 1. The molecule has 126 valence electrons. The Kier molecular flexibility index (Phi) is 6.49. The number of pyridine rings is 1. The van der Waals surface area contributed by atoms with Crippen LogP contribution in [0.5, 0.6) is 0 Å². The molecule has 5 heteroatoms. The maximum atomic E-state index is 12.3. The number of hydrogen-bond acceptors (Lipinski definition) is 3. The average molecular weight is 325 g/mol. The molecule has 2 aromatic rings. The first-order valence-electron chi connectivity index (χ1n) is 8.28. The molecule has 0 spiro atoms. The van der Waals surface area contributed by atoms with Crippen LogP contribution in [0.2, 0.25) is 0 Å². The minimum absolute atomic E-state index is 0.188. The van der Waals surface area contributed by atoms with Crippen LogP contribution in [-0.2, 0) is 6.42 Å². The topological polar surface area (TPSA) is 71.1 Å². The van der Waals surface area contributed by atoms with E-state index in [4.69, 9.17) is 0 Å². The molecule has 0 aliphatic rings. The molecule has 0 aliphatic heterocycles. The zero-order chi connectivity index (χ0) is 17.4. The third-order valence-electron chi connectivity index (χ3n) is 3.69. The normalized spacial score (nSPS) is 10.2. The van der Waals surface area contributed by atoms with E-state index < -0.39 is 0 Å². The van der Waals surface area contributed by atoms with Gasteiger partial charge in [-0.05, 0) is 42.7 Å². The highest BCUT2D eigenvalue weighted by atomic mass is 16.2. The molecule has 2 N–H and O–H groups in total. The molecule has 0 bridgehead atoms. The van der Waals surface area contributed by atoms with Crippen LogP contribution >= 0.6 is 0 Å². The number of nitrogens with one attached hydrogen (secondary N) is 2. The Bertz CT molecular complexity index is 696. The molecule has 1 aromatic carbocycles. The van der Waals surface area contributed by atoms with Crippen molar-refractivity contribution < 1.29 is 9.59 Å². The van der Waals surface area contributed by atoms with Crippen molar-refractivity contribution in [3.8, 4) is 0 Å². The van der Waals surface area contributed by atoms with E-state index in [1.165, 1.54) is 17.8 Å². The first-order chi connectivity index (χ1) is 11.6. The van der Waals surface area contributed by atoms with Crippen molar-refractivity contribution in [2.45, 2.75) is 33.1 Å². The molecule has 5 nitrogen and oxygen atoms in total. The van der Waals surface area contributed by atoms with Crippen molar-refractivity contribution >= 4 is 17.5 Å². The van der Waals surface area contributed by atoms with Gasteiger partial charge in [-0.2, -0.15) is 0 Å². The van der Waals surface area contributed by atoms with Crippen molar-refractivity contribution in [3.05, 3.63) is 59.4 Å². The number of unbranched alkanes of at least 4 members (excludes halogenated alkanes) is 1. The fraction of sp³-hybridized carbons (Fsp3) is 0.316. The quantitative estimate of drug-likeness (QED) is 0.766. The summed E-state index contributed by atoms with van der Waals surface area (Å²) in [6.45, 7) is 4.77. The number of rotatable bonds is 7. The molecule has 0 saturated carbocycles. The SMILES string of the molecule is CCCCNC(=O)c1ccnc(C(=O)Nc2ccc(CC)cc2)c1. The monoisotopic (exact) mass is 325 g/mol. The third-order valence-corrected chi connectivity index (χ3v) is 3.69. The summed E-state index contributed by atoms with van der Waals surface area (Å²) in [6.07, 6.45) is 4.37. The second-order valence-electron chi connectivity index (χ2n) is 5.54. The maximum absolute atomic E-state index is 12.3. The first-order valence-corrected chi connectivity index (χ1v) is 8.28. The van der Waals surface area contributed by atoms with Crippen LogP contribution in [0.25, 0.3) is 0 Å². The molecule has 0 fully saturated rings. The minimum atomic E-state index is -0.331. The Morgan fingerprint density at radius 3 is 2.46 bits per heavy atom. The van der Waals surface area contributed by atoms with Crippen LogP contribution in [-0.4, -0.2) is 23.3 Å². The van der Waals surface area contributed by atoms with Gasteiger partial charge >= 0.3 is 0 Å². The highest BCUT2D eigenvalue weighted by Crippen LogP contribution is 2.12. The molecule has 24 heavy (non-hydrogen) atoms. The summed E-state index contributed by atoms with van der Waals surface area (Å²) in [6, 6.07) is 10.8. The van der Waals surface area contributed by atoms with E-state index in [9.17, 15) is 9.59 Å². The second kappa shape index (κ2) is 8.82. The summed E-state index contributed by atoms with van der Waals surface area (Å²) in [4.78, 5) is 28.4. The standard InChI is InChI=1S/C19H23N3O2/c1-3-5-11-21-18(23)15-10-12-20-17(13-15)19(24)22-16-8-6-14(4-2)7-9-16/h6-10,12-13H,3-5,11H2,1-2H3,(H,21,23)(H,22,24). The number of benzene rings is 1. The van der Waals surface area contributed by atoms with Gasteiger partial charge in [0.1, 0.15) is 5.69 Å². The van der Waals surface area contributed by atoms with E-state index in [0.29, 0.717) is 17.8 Å². The summed E-state index contributed by atoms with van der Waals surface area (Å²) in [5.41, 5.74) is 2.57. The Morgan fingerprint density at radius 1 is 1.04 bits per heavy atom. The summed E-state index contributed by atoms with van der Waals surface area (Å²) >= 11 is 0.